The van der Waals surface area contributed by atoms with Crippen molar-refractivity contribution in [2.45, 2.75) is 64.6 Å². The van der Waals surface area contributed by atoms with Crippen molar-refractivity contribution in [1.29, 1.82) is 0 Å². The summed E-state index contributed by atoms with van der Waals surface area (Å²) < 4.78 is 0. The average molecular weight is 416 g/mol. The molecule has 2 atom stereocenters. The summed E-state index contributed by atoms with van der Waals surface area (Å²) in [7, 11) is 0. The van der Waals surface area contributed by atoms with Crippen LogP contribution in [-0.2, 0) is 17.9 Å². The highest BCUT2D eigenvalue weighted by Crippen LogP contribution is 2.26. The molecule has 0 radical (unpaired) electrons. The van der Waals surface area contributed by atoms with Crippen LogP contribution in [0.2, 0.25) is 0 Å². The number of hydrogen-bond donors (Lipinski definition) is 2. The van der Waals surface area contributed by atoms with Gasteiger partial charge in [-0.25, -0.2) is 0 Å². The zero-order valence-electron chi connectivity index (χ0n) is 16.4. The molecule has 27 heavy (non-hydrogen) atoms. The number of nitrogens with one attached hydrogen (secondary N) is 1. The fourth-order valence-electron chi connectivity index (χ4n) is 4.15. The van der Waals surface area contributed by atoms with Crippen molar-refractivity contribution >= 4 is 30.7 Å². The Bertz CT molecular complexity index is 576. The van der Waals surface area contributed by atoms with Gasteiger partial charge in [-0.05, 0) is 61.7 Å². The number of nitrogens with two attached hydrogens (primary N) is 1. The van der Waals surface area contributed by atoms with Gasteiger partial charge in [0.05, 0.1) is 0 Å². The molecule has 154 valence electrons. The maximum absolute atomic E-state index is 12.2. The molecule has 1 aromatic carbocycles. The van der Waals surface area contributed by atoms with Crippen molar-refractivity contribution in [3.05, 3.63) is 35.4 Å². The zero-order chi connectivity index (χ0) is 17.6. The molecular formula is C21H35Cl2N3O. The van der Waals surface area contributed by atoms with E-state index in [2.05, 4.69) is 41.4 Å². The molecule has 1 aromatic rings. The Balaban J connectivity index is 0.00000182. The molecule has 2 aliphatic rings. The summed E-state index contributed by atoms with van der Waals surface area (Å²) in [5.41, 5.74) is 8.60. The van der Waals surface area contributed by atoms with E-state index < -0.39 is 0 Å². The number of halogens is 2. The Kier molecular flexibility index (Phi) is 10.7. The smallest absolute Gasteiger partial charge is 0.220 e. The van der Waals surface area contributed by atoms with Crippen LogP contribution in [0.15, 0.2) is 24.3 Å². The minimum atomic E-state index is 0. The zero-order valence-corrected chi connectivity index (χ0v) is 18.0. The van der Waals surface area contributed by atoms with E-state index in [1.54, 1.807) is 0 Å². The number of benzene rings is 1. The number of carbonyl (C=O) groups excluding carboxylic acids is 1. The van der Waals surface area contributed by atoms with E-state index in [1.807, 2.05) is 0 Å². The van der Waals surface area contributed by atoms with Crippen molar-refractivity contribution in [2.75, 3.05) is 13.1 Å². The first-order valence-corrected chi connectivity index (χ1v) is 9.92. The summed E-state index contributed by atoms with van der Waals surface area (Å²) in [6.45, 7) is 6.38. The predicted octanol–water partition coefficient (Wildman–Crippen LogP) is 3.90. The average Bonchev–Trinajstić information content (AvgIpc) is 3.00. The fraction of sp³-hybridized carbons (Fsp3) is 0.667. The van der Waals surface area contributed by atoms with Crippen LogP contribution in [0.25, 0.3) is 0 Å². The Morgan fingerprint density at radius 1 is 1.15 bits per heavy atom. The predicted molar refractivity (Wildman–Crippen MR) is 116 cm³/mol. The summed E-state index contributed by atoms with van der Waals surface area (Å²) in [6.07, 6.45) is 6.51. The first-order valence-electron chi connectivity index (χ1n) is 9.92. The molecule has 4 nitrogen and oxygen atoms in total. The lowest BCUT2D eigenvalue weighted by molar-refractivity contribution is -0.122. The summed E-state index contributed by atoms with van der Waals surface area (Å²) in [5.74, 6) is 1.37. The Morgan fingerprint density at radius 2 is 1.85 bits per heavy atom. The molecule has 3 N–H and O–H groups in total. The lowest BCUT2D eigenvalue weighted by atomic mass is 9.98. The topological polar surface area (TPSA) is 58.4 Å². The molecule has 1 saturated heterocycles. The van der Waals surface area contributed by atoms with Gasteiger partial charge in [0.2, 0.25) is 5.91 Å². The third-order valence-electron chi connectivity index (χ3n) is 5.93. The van der Waals surface area contributed by atoms with Gasteiger partial charge in [-0.2, -0.15) is 0 Å². The van der Waals surface area contributed by atoms with Gasteiger partial charge in [0, 0.05) is 25.6 Å². The fourth-order valence-corrected chi connectivity index (χ4v) is 4.15. The molecule has 6 heteroatoms. The molecule has 0 aromatic heterocycles. The van der Waals surface area contributed by atoms with E-state index in [0.29, 0.717) is 18.9 Å². The van der Waals surface area contributed by atoms with E-state index >= 15 is 0 Å². The lowest BCUT2D eigenvalue weighted by Crippen LogP contribution is -2.32. The van der Waals surface area contributed by atoms with Crippen LogP contribution in [0.3, 0.4) is 0 Å². The van der Waals surface area contributed by atoms with E-state index in [4.69, 9.17) is 5.73 Å². The van der Waals surface area contributed by atoms with Gasteiger partial charge in [-0.3, -0.25) is 9.69 Å². The standard InChI is InChI=1S/C21H33N3O.2ClH/c1-16-8-10-24(11-9-16)15-18-5-2-4-17(12-18)14-23-21(25)13-19-6-3-7-20(19)22;;/h2,4-5,12,16,19-20H,3,6-11,13-15,22H2,1H3,(H,23,25);2*1H/t19-,20+;;/m0../s1. The molecule has 0 spiro atoms. The number of nitrogens with zero attached hydrogens (tertiary/aromatic N) is 1. The van der Waals surface area contributed by atoms with Crippen LogP contribution in [0.4, 0.5) is 0 Å². The van der Waals surface area contributed by atoms with Crippen molar-refractivity contribution in [3.63, 3.8) is 0 Å². The normalized spacial score (nSPS) is 23.3. The Labute approximate surface area is 176 Å². The largest absolute Gasteiger partial charge is 0.352 e. The van der Waals surface area contributed by atoms with Crippen molar-refractivity contribution in [3.8, 4) is 0 Å². The highest BCUT2D eigenvalue weighted by Gasteiger charge is 2.25. The summed E-state index contributed by atoms with van der Waals surface area (Å²) in [5, 5.41) is 3.07. The molecule has 3 rings (SSSR count). The first kappa shape index (κ1) is 24.2. The molecule has 1 aliphatic heterocycles. The van der Waals surface area contributed by atoms with Crippen LogP contribution in [0.1, 0.15) is 56.6 Å². The van der Waals surface area contributed by atoms with E-state index in [0.717, 1.165) is 31.7 Å². The number of likely N-dealkylation sites (tertiary alicyclic amines) is 1. The monoisotopic (exact) mass is 415 g/mol. The van der Waals surface area contributed by atoms with Crippen molar-refractivity contribution < 1.29 is 4.79 Å². The second-order valence-electron chi connectivity index (χ2n) is 8.11. The summed E-state index contributed by atoms with van der Waals surface area (Å²) in [4.78, 5) is 14.7. The number of rotatable bonds is 6. The molecule has 0 unspecified atom stereocenters. The summed E-state index contributed by atoms with van der Waals surface area (Å²) >= 11 is 0. The van der Waals surface area contributed by atoms with Gasteiger partial charge in [0.1, 0.15) is 0 Å². The van der Waals surface area contributed by atoms with E-state index in [9.17, 15) is 4.79 Å². The second-order valence-corrected chi connectivity index (χ2v) is 8.11. The Morgan fingerprint density at radius 3 is 2.52 bits per heavy atom. The number of amides is 1. The third-order valence-corrected chi connectivity index (χ3v) is 5.93. The van der Waals surface area contributed by atoms with Crippen molar-refractivity contribution in [2.24, 2.45) is 17.6 Å². The summed E-state index contributed by atoms with van der Waals surface area (Å²) in [6, 6.07) is 8.85. The molecular weight excluding hydrogens is 381 g/mol. The molecule has 1 amide bonds. The highest BCUT2D eigenvalue weighted by atomic mass is 35.5. The molecule has 1 saturated carbocycles. The van der Waals surface area contributed by atoms with Crippen molar-refractivity contribution in [1.82, 2.24) is 10.2 Å². The van der Waals surface area contributed by atoms with Crippen LogP contribution in [-0.4, -0.2) is 29.9 Å². The maximum Gasteiger partial charge on any atom is 0.220 e. The van der Waals surface area contributed by atoms with Crippen LogP contribution >= 0.6 is 24.8 Å². The van der Waals surface area contributed by atoms with Gasteiger partial charge >= 0.3 is 0 Å². The van der Waals surface area contributed by atoms with Gasteiger partial charge in [-0.15, -0.1) is 24.8 Å². The minimum Gasteiger partial charge on any atom is -0.352 e. The lowest BCUT2D eigenvalue weighted by Gasteiger charge is -2.30. The minimum absolute atomic E-state index is 0. The maximum atomic E-state index is 12.2. The number of hydrogen-bond acceptors (Lipinski definition) is 3. The van der Waals surface area contributed by atoms with Gasteiger partial charge < -0.3 is 11.1 Å². The second kappa shape index (κ2) is 11.9. The quantitative estimate of drug-likeness (QED) is 0.740. The van der Waals surface area contributed by atoms with Gasteiger partial charge in [0.15, 0.2) is 0 Å². The molecule has 1 aliphatic carbocycles. The molecule has 1 heterocycles. The van der Waals surface area contributed by atoms with Crippen LogP contribution in [0.5, 0.6) is 0 Å². The number of carbonyl (C=O) groups is 1. The number of piperidine rings is 1. The van der Waals surface area contributed by atoms with E-state index in [-0.39, 0.29) is 36.8 Å². The van der Waals surface area contributed by atoms with E-state index in [1.165, 1.54) is 37.1 Å². The highest BCUT2D eigenvalue weighted by molar-refractivity contribution is 5.85. The Hall–Kier alpha value is -0.810. The molecule has 2 fully saturated rings. The van der Waals surface area contributed by atoms with Gasteiger partial charge in [-0.1, -0.05) is 37.6 Å². The SMILES string of the molecule is CC1CCN(Cc2cccc(CNC(=O)C[C@@H]3CCC[C@H]3N)c2)CC1.Cl.Cl. The third kappa shape index (κ3) is 7.61. The van der Waals surface area contributed by atoms with Crippen LogP contribution < -0.4 is 11.1 Å². The molecule has 0 bridgehead atoms. The van der Waals surface area contributed by atoms with Crippen LogP contribution in [0, 0.1) is 11.8 Å². The first-order chi connectivity index (χ1) is 12.1. The van der Waals surface area contributed by atoms with Gasteiger partial charge in [0.25, 0.3) is 0 Å².